The standard InChI is InChI=1S/C29H19N3O/c33-29-28-23(15-16-30-29)22-11-6-10-20(27(22)31-28)18-13-14-26-24(17-18)21-9-4-5-12-25(21)32(26)19-7-2-1-3-8-19/h1-17,31H,(H,30,33). The second-order valence-electron chi connectivity index (χ2n) is 8.37. The predicted molar refractivity (Wildman–Crippen MR) is 136 cm³/mol. The molecule has 0 saturated heterocycles. The molecule has 0 aliphatic heterocycles. The van der Waals surface area contributed by atoms with Gasteiger partial charge in [0.15, 0.2) is 0 Å². The first-order valence-electron chi connectivity index (χ1n) is 11.0. The van der Waals surface area contributed by atoms with Gasteiger partial charge < -0.3 is 14.5 Å². The van der Waals surface area contributed by atoms with Crippen molar-refractivity contribution in [2.24, 2.45) is 0 Å². The van der Waals surface area contributed by atoms with Gasteiger partial charge in [0.1, 0.15) is 5.52 Å². The van der Waals surface area contributed by atoms with Crippen molar-refractivity contribution in [2.75, 3.05) is 0 Å². The van der Waals surface area contributed by atoms with Gasteiger partial charge in [-0.25, -0.2) is 0 Å². The molecule has 3 heterocycles. The Labute approximate surface area is 188 Å². The lowest BCUT2D eigenvalue weighted by Gasteiger charge is -2.08. The summed E-state index contributed by atoms with van der Waals surface area (Å²) in [4.78, 5) is 18.5. The lowest BCUT2D eigenvalue weighted by atomic mass is 10.00. The molecule has 0 bridgehead atoms. The highest BCUT2D eigenvalue weighted by Gasteiger charge is 2.15. The van der Waals surface area contributed by atoms with Gasteiger partial charge in [0.05, 0.1) is 16.6 Å². The SMILES string of the molecule is O=c1[nH]ccc2c1[nH]c1c(-c3ccc4c(c3)c3ccccc3n4-c3ccccc3)cccc12. The predicted octanol–water partition coefficient (Wildman–Crippen LogP) is 6.77. The minimum atomic E-state index is -0.101. The van der Waals surface area contributed by atoms with Crippen LogP contribution >= 0.6 is 0 Å². The van der Waals surface area contributed by atoms with E-state index in [0.717, 1.165) is 33.1 Å². The topological polar surface area (TPSA) is 53.6 Å². The molecule has 3 aromatic heterocycles. The third kappa shape index (κ3) is 2.55. The molecule has 7 rings (SSSR count). The number of rotatable bonds is 2. The number of aromatic amines is 2. The zero-order valence-electron chi connectivity index (χ0n) is 17.7. The molecule has 2 N–H and O–H groups in total. The molecular formula is C29H19N3O. The quantitative estimate of drug-likeness (QED) is 0.315. The largest absolute Gasteiger partial charge is 0.349 e. The van der Waals surface area contributed by atoms with Crippen LogP contribution in [0.25, 0.3) is 60.4 Å². The molecule has 4 heteroatoms. The number of para-hydroxylation sites is 3. The van der Waals surface area contributed by atoms with Gasteiger partial charge in [-0.2, -0.15) is 0 Å². The molecule has 0 amide bonds. The Bertz CT molecular complexity index is 1890. The van der Waals surface area contributed by atoms with Crippen LogP contribution in [0.1, 0.15) is 0 Å². The van der Waals surface area contributed by atoms with Crippen molar-refractivity contribution in [1.29, 1.82) is 0 Å². The highest BCUT2D eigenvalue weighted by Crippen LogP contribution is 2.37. The van der Waals surface area contributed by atoms with Gasteiger partial charge in [-0.05, 0) is 42.0 Å². The monoisotopic (exact) mass is 425 g/mol. The molecule has 4 aromatic carbocycles. The third-order valence-corrected chi connectivity index (χ3v) is 6.56. The molecule has 0 aliphatic carbocycles. The van der Waals surface area contributed by atoms with Crippen LogP contribution < -0.4 is 5.56 Å². The van der Waals surface area contributed by atoms with E-state index in [2.05, 4.69) is 99.5 Å². The van der Waals surface area contributed by atoms with Crippen molar-refractivity contribution in [2.45, 2.75) is 0 Å². The van der Waals surface area contributed by atoms with Crippen molar-refractivity contribution in [3.05, 3.63) is 114 Å². The van der Waals surface area contributed by atoms with Crippen molar-refractivity contribution in [1.82, 2.24) is 14.5 Å². The van der Waals surface area contributed by atoms with E-state index in [1.165, 1.54) is 21.8 Å². The lowest BCUT2D eigenvalue weighted by Crippen LogP contribution is -2.03. The average molecular weight is 425 g/mol. The van der Waals surface area contributed by atoms with E-state index in [1.807, 2.05) is 12.1 Å². The van der Waals surface area contributed by atoms with E-state index in [4.69, 9.17) is 0 Å². The summed E-state index contributed by atoms with van der Waals surface area (Å²) < 4.78 is 2.32. The molecule has 4 nitrogen and oxygen atoms in total. The zero-order chi connectivity index (χ0) is 21.9. The van der Waals surface area contributed by atoms with E-state index in [0.29, 0.717) is 5.52 Å². The van der Waals surface area contributed by atoms with E-state index in [9.17, 15) is 4.79 Å². The Morgan fingerprint density at radius 2 is 1.36 bits per heavy atom. The van der Waals surface area contributed by atoms with Crippen LogP contribution in [-0.4, -0.2) is 14.5 Å². The first-order valence-corrected chi connectivity index (χ1v) is 11.0. The molecule has 7 aromatic rings. The van der Waals surface area contributed by atoms with Gasteiger partial charge in [0, 0.05) is 39.0 Å². The number of fused-ring (bicyclic) bond motifs is 6. The molecule has 0 unspecified atom stereocenters. The fourth-order valence-corrected chi connectivity index (χ4v) is 5.10. The second kappa shape index (κ2) is 6.71. The molecule has 0 radical (unpaired) electrons. The third-order valence-electron chi connectivity index (χ3n) is 6.56. The van der Waals surface area contributed by atoms with E-state index in [1.54, 1.807) is 6.20 Å². The number of H-pyrrole nitrogens is 2. The number of hydrogen-bond donors (Lipinski definition) is 2. The highest BCUT2D eigenvalue weighted by molar-refractivity contribution is 6.14. The smallest absolute Gasteiger partial charge is 0.272 e. The van der Waals surface area contributed by atoms with E-state index >= 15 is 0 Å². The molecule has 33 heavy (non-hydrogen) atoms. The minimum Gasteiger partial charge on any atom is -0.349 e. The summed E-state index contributed by atoms with van der Waals surface area (Å²) in [5.41, 5.74) is 7.20. The Hall–Kier alpha value is -4.57. The molecule has 0 spiro atoms. The van der Waals surface area contributed by atoms with Crippen molar-refractivity contribution in [3.63, 3.8) is 0 Å². The summed E-state index contributed by atoms with van der Waals surface area (Å²) in [6.45, 7) is 0. The molecular weight excluding hydrogens is 406 g/mol. The van der Waals surface area contributed by atoms with Crippen LogP contribution in [-0.2, 0) is 0 Å². The summed E-state index contributed by atoms with van der Waals surface area (Å²) in [6, 6.07) is 33.8. The molecule has 0 saturated carbocycles. The normalized spacial score (nSPS) is 11.8. The number of nitrogens with zero attached hydrogens (tertiary/aromatic N) is 1. The van der Waals surface area contributed by atoms with Gasteiger partial charge >= 0.3 is 0 Å². The van der Waals surface area contributed by atoms with Crippen molar-refractivity contribution in [3.8, 4) is 16.8 Å². The number of hydrogen-bond acceptors (Lipinski definition) is 1. The van der Waals surface area contributed by atoms with Gasteiger partial charge in [0.25, 0.3) is 5.56 Å². The molecule has 0 fully saturated rings. The maximum absolute atomic E-state index is 12.4. The summed E-state index contributed by atoms with van der Waals surface area (Å²) in [5.74, 6) is 0. The van der Waals surface area contributed by atoms with Crippen LogP contribution in [0.2, 0.25) is 0 Å². The van der Waals surface area contributed by atoms with Crippen LogP contribution in [0.4, 0.5) is 0 Å². The van der Waals surface area contributed by atoms with Crippen LogP contribution in [0, 0.1) is 0 Å². The first kappa shape index (κ1) is 18.0. The van der Waals surface area contributed by atoms with Gasteiger partial charge in [-0.1, -0.05) is 60.7 Å². The lowest BCUT2D eigenvalue weighted by molar-refractivity contribution is 1.18. The van der Waals surface area contributed by atoms with E-state index in [-0.39, 0.29) is 5.56 Å². The second-order valence-corrected chi connectivity index (χ2v) is 8.37. The summed E-state index contributed by atoms with van der Waals surface area (Å²) in [6.07, 6.45) is 1.70. The Balaban J connectivity index is 1.54. The van der Waals surface area contributed by atoms with Crippen LogP contribution in [0.3, 0.4) is 0 Å². The maximum atomic E-state index is 12.4. The number of nitrogens with one attached hydrogen (secondary N) is 2. The van der Waals surface area contributed by atoms with E-state index < -0.39 is 0 Å². The van der Waals surface area contributed by atoms with Gasteiger partial charge in [-0.15, -0.1) is 0 Å². The zero-order valence-corrected chi connectivity index (χ0v) is 17.7. The fraction of sp³-hybridized carbons (Fsp3) is 0. The number of benzene rings is 4. The minimum absolute atomic E-state index is 0.101. The maximum Gasteiger partial charge on any atom is 0.272 e. The van der Waals surface area contributed by atoms with Crippen LogP contribution in [0.5, 0.6) is 0 Å². The Kier molecular flexibility index (Phi) is 3.67. The number of pyridine rings is 1. The first-order chi connectivity index (χ1) is 16.3. The highest BCUT2D eigenvalue weighted by atomic mass is 16.1. The van der Waals surface area contributed by atoms with Crippen molar-refractivity contribution >= 4 is 43.6 Å². The Morgan fingerprint density at radius 1 is 0.606 bits per heavy atom. The molecule has 0 aliphatic rings. The summed E-state index contributed by atoms with van der Waals surface area (Å²) >= 11 is 0. The summed E-state index contributed by atoms with van der Waals surface area (Å²) in [7, 11) is 0. The number of aromatic nitrogens is 3. The van der Waals surface area contributed by atoms with Gasteiger partial charge in [-0.3, -0.25) is 4.79 Å². The summed E-state index contributed by atoms with van der Waals surface area (Å²) in [5, 5.41) is 4.43. The fourth-order valence-electron chi connectivity index (χ4n) is 5.10. The molecule has 156 valence electrons. The average Bonchev–Trinajstić information content (AvgIpc) is 3.41. The molecule has 0 atom stereocenters. The Morgan fingerprint density at radius 3 is 2.27 bits per heavy atom. The van der Waals surface area contributed by atoms with Crippen molar-refractivity contribution < 1.29 is 0 Å². The van der Waals surface area contributed by atoms with Gasteiger partial charge in [0.2, 0.25) is 0 Å². The van der Waals surface area contributed by atoms with Crippen LogP contribution in [0.15, 0.2) is 108 Å².